The van der Waals surface area contributed by atoms with E-state index in [1.807, 2.05) is 20.8 Å². The van der Waals surface area contributed by atoms with E-state index >= 15 is 0 Å². The average molecular weight is 316 g/mol. The maximum absolute atomic E-state index is 12.1. The minimum absolute atomic E-state index is 0.0767. The van der Waals surface area contributed by atoms with Gasteiger partial charge < -0.3 is 26.4 Å². The molecule has 0 atom stereocenters. The fourth-order valence-corrected chi connectivity index (χ4v) is 1.83. The van der Waals surface area contributed by atoms with Crippen LogP contribution < -0.4 is 16.8 Å². The van der Waals surface area contributed by atoms with E-state index in [1.54, 1.807) is 4.90 Å². The van der Waals surface area contributed by atoms with Gasteiger partial charge in [-0.2, -0.15) is 0 Å². The summed E-state index contributed by atoms with van der Waals surface area (Å²) in [6.45, 7) is 8.29. The second-order valence-electron chi connectivity index (χ2n) is 6.20. The van der Waals surface area contributed by atoms with Gasteiger partial charge in [-0.05, 0) is 53.1 Å². The van der Waals surface area contributed by atoms with Gasteiger partial charge in [0.25, 0.3) is 0 Å². The van der Waals surface area contributed by atoms with Crippen LogP contribution in [0, 0.1) is 0 Å². The molecule has 0 aromatic carbocycles. The van der Waals surface area contributed by atoms with Gasteiger partial charge in [-0.25, -0.2) is 4.79 Å². The number of rotatable bonds is 10. The van der Waals surface area contributed by atoms with Crippen molar-refractivity contribution in [2.24, 2.45) is 11.5 Å². The lowest BCUT2D eigenvalue weighted by atomic mass is 10.2. The van der Waals surface area contributed by atoms with Crippen LogP contribution in [0.25, 0.3) is 0 Å². The van der Waals surface area contributed by atoms with E-state index in [-0.39, 0.29) is 5.91 Å². The standard InChI is InChI=1S/C15H32N4O3/c1-15(2,3)22-14(21)18-10-4-7-13(20)19(11-5-8-16)12-6-9-17/h4-12,16-17H2,1-3H3,(H,18,21). The molecule has 0 aliphatic heterocycles. The molecule has 0 bridgehead atoms. The summed E-state index contributed by atoms with van der Waals surface area (Å²) >= 11 is 0. The fourth-order valence-electron chi connectivity index (χ4n) is 1.83. The zero-order valence-electron chi connectivity index (χ0n) is 14.2. The molecule has 0 saturated carbocycles. The van der Waals surface area contributed by atoms with E-state index in [1.165, 1.54) is 0 Å². The average Bonchev–Trinajstić information content (AvgIpc) is 2.41. The molecule has 0 fully saturated rings. The van der Waals surface area contributed by atoms with Gasteiger partial charge in [0.2, 0.25) is 5.91 Å². The first-order valence-electron chi connectivity index (χ1n) is 7.95. The van der Waals surface area contributed by atoms with Gasteiger partial charge in [0.15, 0.2) is 0 Å². The Bertz CT molecular complexity index is 321. The molecule has 130 valence electrons. The summed E-state index contributed by atoms with van der Waals surface area (Å²) in [7, 11) is 0. The number of carbonyl (C=O) groups excluding carboxylic acids is 2. The Hall–Kier alpha value is -1.34. The molecule has 0 aliphatic rings. The Morgan fingerprint density at radius 2 is 1.59 bits per heavy atom. The molecule has 7 nitrogen and oxygen atoms in total. The molecule has 0 aromatic heterocycles. The number of alkyl carbamates (subject to hydrolysis) is 1. The molecule has 7 heteroatoms. The highest BCUT2D eigenvalue weighted by molar-refractivity contribution is 5.76. The van der Waals surface area contributed by atoms with Crippen LogP contribution >= 0.6 is 0 Å². The molecule has 2 amide bonds. The number of amides is 2. The molecular weight excluding hydrogens is 284 g/mol. The van der Waals surface area contributed by atoms with Crippen molar-refractivity contribution in [3.8, 4) is 0 Å². The lowest BCUT2D eigenvalue weighted by Crippen LogP contribution is -2.36. The smallest absolute Gasteiger partial charge is 0.407 e. The third-order valence-electron chi connectivity index (χ3n) is 2.85. The summed E-state index contributed by atoms with van der Waals surface area (Å²) in [5.74, 6) is 0.0767. The van der Waals surface area contributed by atoms with Gasteiger partial charge in [-0.3, -0.25) is 4.79 Å². The molecule has 0 aromatic rings. The SMILES string of the molecule is CC(C)(C)OC(=O)NCCCC(=O)N(CCCN)CCCN. The van der Waals surface area contributed by atoms with E-state index in [0.29, 0.717) is 45.6 Å². The summed E-state index contributed by atoms with van der Waals surface area (Å²) in [6.07, 6.45) is 2.09. The van der Waals surface area contributed by atoms with Gasteiger partial charge in [-0.15, -0.1) is 0 Å². The molecular formula is C15H32N4O3. The van der Waals surface area contributed by atoms with Crippen molar-refractivity contribution >= 4 is 12.0 Å². The van der Waals surface area contributed by atoms with Crippen LogP contribution in [0.2, 0.25) is 0 Å². The molecule has 0 radical (unpaired) electrons. The zero-order chi connectivity index (χ0) is 17.0. The highest BCUT2D eigenvalue weighted by Gasteiger charge is 2.16. The zero-order valence-corrected chi connectivity index (χ0v) is 14.2. The van der Waals surface area contributed by atoms with Crippen LogP contribution in [0.3, 0.4) is 0 Å². The third kappa shape index (κ3) is 11.3. The predicted octanol–water partition coefficient (Wildman–Crippen LogP) is 0.818. The lowest BCUT2D eigenvalue weighted by molar-refractivity contribution is -0.131. The predicted molar refractivity (Wildman–Crippen MR) is 87.4 cm³/mol. The number of nitrogens with one attached hydrogen (secondary N) is 1. The van der Waals surface area contributed by atoms with Gasteiger partial charge in [0.05, 0.1) is 0 Å². The summed E-state index contributed by atoms with van der Waals surface area (Å²) in [6, 6.07) is 0. The summed E-state index contributed by atoms with van der Waals surface area (Å²) in [4.78, 5) is 25.4. The van der Waals surface area contributed by atoms with Crippen LogP contribution in [-0.2, 0) is 9.53 Å². The van der Waals surface area contributed by atoms with Crippen molar-refractivity contribution in [3.63, 3.8) is 0 Å². The number of ether oxygens (including phenoxy) is 1. The number of nitrogens with two attached hydrogens (primary N) is 2. The Labute approximate surface area is 133 Å². The van der Waals surface area contributed by atoms with Gasteiger partial charge in [0, 0.05) is 26.1 Å². The second-order valence-corrected chi connectivity index (χ2v) is 6.20. The first-order chi connectivity index (χ1) is 10.3. The normalized spacial score (nSPS) is 11.1. The number of carbonyl (C=O) groups is 2. The molecule has 22 heavy (non-hydrogen) atoms. The maximum Gasteiger partial charge on any atom is 0.407 e. The molecule has 5 N–H and O–H groups in total. The number of hydrogen-bond acceptors (Lipinski definition) is 5. The minimum atomic E-state index is -0.513. The van der Waals surface area contributed by atoms with Gasteiger partial charge in [0.1, 0.15) is 5.60 Å². The largest absolute Gasteiger partial charge is 0.444 e. The monoisotopic (exact) mass is 316 g/mol. The van der Waals surface area contributed by atoms with Crippen LogP contribution in [0.4, 0.5) is 4.79 Å². The molecule has 0 aliphatic carbocycles. The summed E-state index contributed by atoms with van der Waals surface area (Å²) in [5, 5.41) is 2.65. The molecule has 0 spiro atoms. The highest BCUT2D eigenvalue weighted by Crippen LogP contribution is 2.06. The van der Waals surface area contributed by atoms with Crippen LogP contribution in [0.15, 0.2) is 0 Å². The van der Waals surface area contributed by atoms with Crippen LogP contribution in [-0.4, -0.2) is 55.2 Å². The summed E-state index contributed by atoms with van der Waals surface area (Å²) in [5.41, 5.74) is 10.5. The Morgan fingerprint density at radius 3 is 2.05 bits per heavy atom. The van der Waals surface area contributed by atoms with Gasteiger partial charge >= 0.3 is 6.09 Å². The molecule has 0 saturated heterocycles. The van der Waals surface area contributed by atoms with Crippen LogP contribution in [0.5, 0.6) is 0 Å². The van der Waals surface area contributed by atoms with E-state index in [9.17, 15) is 9.59 Å². The molecule has 0 heterocycles. The lowest BCUT2D eigenvalue weighted by Gasteiger charge is -2.22. The minimum Gasteiger partial charge on any atom is -0.444 e. The Kier molecular flexibility index (Phi) is 10.6. The topological polar surface area (TPSA) is 111 Å². The number of hydrogen-bond donors (Lipinski definition) is 3. The van der Waals surface area contributed by atoms with E-state index in [4.69, 9.17) is 16.2 Å². The van der Waals surface area contributed by atoms with Crippen molar-refractivity contribution in [2.75, 3.05) is 32.7 Å². The second kappa shape index (κ2) is 11.3. The van der Waals surface area contributed by atoms with Crippen molar-refractivity contribution in [3.05, 3.63) is 0 Å². The number of nitrogens with zero attached hydrogens (tertiary/aromatic N) is 1. The molecule has 0 rings (SSSR count). The summed E-state index contributed by atoms with van der Waals surface area (Å²) < 4.78 is 5.13. The van der Waals surface area contributed by atoms with Crippen molar-refractivity contribution in [1.29, 1.82) is 0 Å². The van der Waals surface area contributed by atoms with Gasteiger partial charge in [-0.1, -0.05) is 0 Å². The first-order valence-corrected chi connectivity index (χ1v) is 7.95. The van der Waals surface area contributed by atoms with Crippen molar-refractivity contribution in [2.45, 2.75) is 52.1 Å². The third-order valence-corrected chi connectivity index (χ3v) is 2.85. The fraction of sp³-hybridized carbons (Fsp3) is 0.867. The van der Waals surface area contributed by atoms with E-state index in [2.05, 4.69) is 5.32 Å². The first kappa shape index (κ1) is 20.7. The van der Waals surface area contributed by atoms with Crippen molar-refractivity contribution < 1.29 is 14.3 Å². The maximum atomic E-state index is 12.1. The Balaban J connectivity index is 3.99. The quantitative estimate of drug-likeness (QED) is 0.517. The molecule has 0 unspecified atom stereocenters. The van der Waals surface area contributed by atoms with E-state index < -0.39 is 11.7 Å². The highest BCUT2D eigenvalue weighted by atomic mass is 16.6. The Morgan fingerprint density at radius 1 is 1.05 bits per heavy atom. The van der Waals surface area contributed by atoms with E-state index in [0.717, 1.165) is 12.8 Å². The van der Waals surface area contributed by atoms with Crippen LogP contribution in [0.1, 0.15) is 46.5 Å². The van der Waals surface area contributed by atoms with Crippen molar-refractivity contribution in [1.82, 2.24) is 10.2 Å².